The highest BCUT2D eigenvalue weighted by Gasteiger charge is 2.22. The molecule has 1 aliphatic rings. The molecule has 0 aromatic heterocycles. The van der Waals surface area contributed by atoms with Crippen LogP contribution in [0.2, 0.25) is 0 Å². The van der Waals surface area contributed by atoms with Crippen molar-refractivity contribution in [2.24, 2.45) is 5.92 Å². The van der Waals surface area contributed by atoms with E-state index in [1.54, 1.807) is 11.9 Å². The average molecular weight is 264 g/mol. The van der Waals surface area contributed by atoms with Crippen molar-refractivity contribution in [3.63, 3.8) is 0 Å². The molecule has 2 rings (SSSR count). The number of amides is 1. The number of hydrogen-bond acceptors (Lipinski definition) is 4. The quantitative estimate of drug-likeness (QED) is 0.878. The number of carbonyl (C=O) groups is 1. The lowest BCUT2D eigenvalue weighted by Gasteiger charge is -2.23. The van der Waals surface area contributed by atoms with E-state index in [9.17, 15) is 4.79 Å². The van der Waals surface area contributed by atoms with Crippen molar-refractivity contribution in [1.82, 2.24) is 5.32 Å². The molecule has 0 radical (unpaired) electrons. The number of nitrogens with one attached hydrogen (secondary N) is 1. The van der Waals surface area contributed by atoms with Crippen LogP contribution in [0.4, 0.5) is 5.69 Å². The first-order valence-electron chi connectivity index (χ1n) is 6.49. The van der Waals surface area contributed by atoms with Crippen LogP contribution in [0.5, 0.6) is 11.5 Å². The second kappa shape index (κ2) is 5.93. The van der Waals surface area contributed by atoms with Gasteiger partial charge in [-0.25, -0.2) is 0 Å². The number of anilines is 1. The molecule has 0 aliphatic carbocycles. The summed E-state index contributed by atoms with van der Waals surface area (Å²) in [5.41, 5.74) is 0.823. The molecule has 0 saturated carbocycles. The van der Waals surface area contributed by atoms with E-state index in [-0.39, 0.29) is 18.6 Å². The maximum Gasteiger partial charge on any atom is 0.231 e. The molecule has 19 heavy (non-hydrogen) atoms. The van der Waals surface area contributed by atoms with E-state index < -0.39 is 0 Å². The first-order chi connectivity index (χ1) is 9.17. The molecule has 1 amide bonds. The van der Waals surface area contributed by atoms with Gasteiger partial charge in [0.25, 0.3) is 0 Å². The monoisotopic (exact) mass is 264 g/mol. The summed E-state index contributed by atoms with van der Waals surface area (Å²) in [5, 5.41) is 3.06. The third-order valence-corrected chi connectivity index (χ3v) is 3.37. The molecule has 1 aliphatic heterocycles. The molecule has 1 atom stereocenters. The van der Waals surface area contributed by atoms with Crippen LogP contribution in [-0.2, 0) is 4.79 Å². The van der Waals surface area contributed by atoms with Gasteiger partial charge in [-0.05, 0) is 25.6 Å². The van der Waals surface area contributed by atoms with E-state index in [0.29, 0.717) is 12.3 Å². The van der Waals surface area contributed by atoms with Gasteiger partial charge in [0.05, 0.1) is 5.92 Å². The molecule has 1 aromatic rings. The first-order valence-corrected chi connectivity index (χ1v) is 6.49. The maximum atomic E-state index is 12.4. The van der Waals surface area contributed by atoms with Crippen molar-refractivity contribution in [3.8, 4) is 11.5 Å². The molecule has 1 unspecified atom stereocenters. The predicted octanol–water partition coefficient (Wildman–Crippen LogP) is 1.62. The molecule has 0 spiro atoms. The standard InChI is InChI=1S/C14H20N2O3/c1-4-10(8-15-2)14(17)16(3)11-5-6-12-13(7-11)19-9-18-12/h5-7,10,15H,4,8-9H2,1-3H3. The predicted molar refractivity (Wildman–Crippen MR) is 73.7 cm³/mol. The van der Waals surface area contributed by atoms with Gasteiger partial charge in [0, 0.05) is 25.3 Å². The van der Waals surface area contributed by atoms with Gasteiger partial charge >= 0.3 is 0 Å². The van der Waals surface area contributed by atoms with Gasteiger partial charge in [-0.15, -0.1) is 0 Å². The van der Waals surface area contributed by atoms with Gasteiger partial charge < -0.3 is 19.7 Å². The lowest BCUT2D eigenvalue weighted by Crippen LogP contribution is -2.37. The highest BCUT2D eigenvalue weighted by Crippen LogP contribution is 2.35. The van der Waals surface area contributed by atoms with Crippen molar-refractivity contribution in [1.29, 1.82) is 0 Å². The average Bonchev–Trinajstić information content (AvgIpc) is 2.90. The number of nitrogens with zero attached hydrogens (tertiary/aromatic N) is 1. The Morgan fingerprint density at radius 2 is 2.16 bits per heavy atom. The van der Waals surface area contributed by atoms with Crippen LogP contribution in [0.3, 0.4) is 0 Å². The van der Waals surface area contributed by atoms with Crippen molar-refractivity contribution in [2.75, 3.05) is 32.3 Å². The molecule has 0 saturated heterocycles. The molecule has 104 valence electrons. The van der Waals surface area contributed by atoms with Crippen LogP contribution in [0.1, 0.15) is 13.3 Å². The topological polar surface area (TPSA) is 50.8 Å². The zero-order valence-electron chi connectivity index (χ0n) is 11.6. The number of fused-ring (bicyclic) bond motifs is 1. The lowest BCUT2D eigenvalue weighted by molar-refractivity contribution is -0.122. The van der Waals surface area contributed by atoms with E-state index in [2.05, 4.69) is 5.32 Å². The molecule has 1 heterocycles. The number of hydrogen-bond donors (Lipinski definition) is 1. The second-order valence-electron chi connectivity index (χ2n) is 4.60. The van der Waals surface area contributed by atoms with Crippen molar-refractivity contribution < 1.29 is 14.3 Å². The Kier molecular flexibility index (Phi) is 4.27. The summed E-state index contributed by atoms with van der Waals surface area (Å²) in [6, 6.07) is 5.55. The SMILES string of the molecule is CCC(CNC)C(=O)N(C)c1ccc2c(c1)OCO2. The van der Waals surface area contributed by atoms with Crippen LogP contribution in [0.25, 0.3) is 0 Å². The zero-order chi connectivity index (χ0) is 13.8. The van der Waals surface area contributed by atoms with Crippen LogP contribution >= 0.6 is 0 Å². The lowest BCUT2D eigenvalue weighted by atomic mass is 10.0. The first kappa shape index (κ1) is 13.7. The van der Waals surface area contributed by atoms with Crippen LogP contribution in [0, 0.1) is 5.92 Å². The second-order valence-corrected chi connectivity index (χ2v) is 4.60. The van der Waals surface area contributed by atoms with Crippen molar-refractivity contribution >= 4 is 11.6 Å². The molecular formula is C14H20N2O3. The fourth-order valence-electron chi connectivity index (χ4n) is 2.15. The Balaban J connectivity index is 2.14. The third-order valence-electron chi connectivity index (χ3n) is 3.37. The van der Waals surface area contributed by atoms with Gasteiger partial charge in [0.1, 0.15) is 0 Å². The normalized spacial score (nSPS) is 14.3. The van der Waals surface area contributed by atoms with Crippen molar-refractivity contribution in [3.05, 3.63) is 18.2 Å². The van der Waals surface area contributed by atoms with Gasteiger partial charge in [-0.2, -0.15) is 0 Å². The molecule has 1 N–H and O–H groups in total. The number of benzene rings is 1. The Hall–Kier alpha value is -1.75. The Bertz CT molecular complexity index is 462. The summed E-state index contributed by atoms with van der Waals surface area (Å²) in [6.07, 6.45) is 0.814. The van der Waals surface area contributed by atoms with Crippen LogP contribution in [-0.4, -0.2) is 33.3 Å². The van der Waals surface area contributed by atoms with Crippen LogP contribution in [0.15, 0.2) is 18.2 Å². The Morgan fingerprint density at radius 3 is 2.84 bits per heavy atom. The minimum atomic E-state index is -0.0135. The largest absolute Gasteiger partial charge is 0.454 e. The fraction of sp³-hybridized carbons (Fsp3) is 0.500. The molecular weight excluding hydrogens is 244 g/mol. The highest BCUT2D eigenvalue weighted by molar-refractivity contribution is 5.95. The van der Waals surface area contributed by atoms with E-state index >= 15 is 0 Å². The minimum absolute atomic E-state index is 0.0135. The summed E-state index contributed by atoms with van der Waals surface area (Å²) in [4.78, 5) is 14.1. The fourth-order valence-corrected chi connectivity index (χ4v) is 2.15. The number of rotatable bonds is 5. The summed E-state index contributed by atoms with van der Waals surface area (Å²) in [5.74, 6) is 1.52. The van der Waals surface area contributed by atoms with Gasteiger partial charge in [-0.1, -0.05) is 6.92 Å². The molecule has 1 aromatic carbocycles. The van der Waals surface area contributed by atoms with Crippen LogP contribution < -0.4 is 19.7 Å². The molecule has 5 nitrogen and oxygen atoms in total. The highest BCUT2D eigenvalue weighted by atomic mass is 16.7. The van der Waals surface area contributed by atoms with E-state index in [1.165, 1.54) is 0 Å². The number of carbonyl (C=O) groups excluding carboxylic acids is 1. The Morgan fingerprint density at radius 1 is 1.42 bits per heavy atom. The van der Waals surface area contributed by atoms with Gasteiger partial charge in [0.15, 0.2) is 11.5 Å². The van der Waals surface area contributed by atoms with Gasteiger partial charge in [0.2, 0.25) is 12.7 Å². The van der Waals surface area contributed by atoms with Crippen molar-refractivity contribution in [2.45, 2.75) is 13.3 Å². The zero-order valence-corrected chi connectivity index (χ0v) is 11.6. The van der Waals surface area contributed by atoms with E-state index in [1.807, 2.05) is 32.2 Å². The van der Waals surface area contributed by atoms with E-state index in [0.717, 1.165) is 17.9 Å². The summed E-state index contributed by atoms with van der Waals surface area (Å²) in [7, 11) is 3.65. The minimum Gasteiger partial charge on any atom is -0.454 e. The smallest absolute Gasteiger partial charge is 0.231 e. The number of ether oxygens (including phenoxy) is 2. The molecule has 5 heteroatoms. The molecule has 0 bridgehead atoms. The molecule has 0 fully saturated rings. The summed E-state index contributed by atoms with van der Waals surface area (Å²) in [6.45, 7) is 2.95. The van der Waals surface area contributed by atoms with E-state index in [4.69, 9.17) is 9.47 Å². The summed E-state index contributed by atoms with van der Waals surface area (Å²) < 4.78 is 10.6. The van der Waals surface area contributed by atoms with Gasteiger partial charge in [-0.3, -0.25) is 4.79 Å². The Labute approximate surface area is 113 Å². The summed E-state index contributed by atoms with van der Waals surface area (Å²) >= 11 is 0. The maximum absolute atomic E-state index is 12.4. The third kappa shape index (κ3) is 2.81.